The third-order valence-corrected chi connectivity index (χ3v) is 5.72. The number of carbonyl (C=O) groups excluding carboxylic acids is 2. The summed E-state index contributed by atoms with van der Waals surface area (Å²) in [6, 6.07) is 10.3. The van der Waals surface area contributed by atoms with Crippen molar-refractivity contribution in [2.75, 3.05) is 26.2 Å². The van der Waals surface area contributed by atoms with Crippen molar-refractivity contribution >= 4 is 11.8 Å². The molecule has 0 bridgehead atoms. The van der Waals surface area contributed by atoms with Crippen LogP contribution in [0.2, 0.25) is 0 Å². The van der Waals surface area contributed by atoms with Gasteiger partial charge in [0.05, 0.1) is 18.2 Å². The molecule has 1 N–H and O–H groups in total. The van der Waals surface area contributed by atoms with E-state index in [1.807, 2.05) is 28.0 Å². The van der Waals surface area contributed by atoms with Crippen LogP contribution in [0.1, 0.15) is 24.1 Å². The summed E-state index contributed by atoms with van der Waals surface area (Å²) in [7, 11) is 0. The van der Waals surface area contributed by atoms with Crippen molar-refractivity contribution in [2.45, 2.75) is 25.7 Å². The number of nitrogens with one attached hydrogen (secondary N) is 1. The van der Waals surface area contributed by atoms with Crippen LogP contribution in [0.4, 0.5) is 0 Å². The molecular formula is C20H24N4O2. The van der Waals surface area contributed by atoms with Crippen molar-refractivity contribution in [3.05, 3.63) is 54.1 Å². The molecule has 6 heteroatoms. The van der Waals surface area contributed by atoms with Crippen LogP contribution >= 0.6 is 0 Å². The first-order valence-corrected chi connectivity index (χ1v) is 9.25. The number of H-pyrrole nitrogens is 1. The number of hydrogen-bond donors (Lipinski definition) is 1. The van der Waals surface area contributed by atoms with Gasteiger partial charge in [0.25, 0.3) is 0 Å². The van der Waals surface area contributed by atoms with Gasteiger partial charge in [0.15, 0.2) is 0 Å². The van der Waals surface area contributed by atoms with Crippen molar-refractivity contribution < 1.29 is 9.59 Å². The Balaban J connectivity index is 1.34. The Hall–Kier alpha value is -2.63. The van der Waals surface area contributed by atoms with Gasteiger partial charge in [0.2, 0.25) is 11.8 Å². The standard InChI is InChI=1S/C20H24N4O2/c25-18(12-17-13-21-15-22-17)24-11-8-20(14-24)7-10-23(19(20)26)9-6-16-4-2-1-3-5-16/h1-5,13,15H,6-12,14H2,(H,21,22). The van der Waals surface area contributed by atoms with Gasteiger partial charge in [-0.05, 0) is 24.8 Å². The molecule has 2 aliphatic rings. The lowest BCUT2D eigenvalue weighted by molar-refractivity contribution is -0.136. The Labute approximate surface area is 153 Å². The molecule has 1 aromatic carbocycles. The zero-order chi connectivity index (χ0) is 18.0. The summed E-state index contributed by atoms with van der Waals surface area (Å²) in [5.74, 6) is 0.298. The van der Waals surface area contributed by atoms with Crippen LogP contribution in [0.25, 0.3) is 0 Å². The van der Waals surface area contributed by atoms with Crippen LogP contribution in [-0.2, 0) is 22.4 Å². The molecule has 1 atom stereocenters. The summed E-state index contributed by atoms with van der Waals surface area (Å²) in [5.41, 5.74) is 1.71. The highest BCUT2D eigenvalue weighted by Crippen LogP contribution is 2.40. The number of likely N-dealkylation sites (tertiary alicyclic amines) is 2. The van der Waals surface area contributed by atoms with Crippen molar-refractivity contribution in [1.29, 1.82) is 0 Å². The van der Waals surface area contributed by atoms with E-state index in [-0.39, 0.29) is 17.2 Å². The van der Waals surface area contributed by atoms with Gasteiger partial charge in [0.1, 0.15) is 0 Å². The van der Waals surface area contributed by atoms with E-state index >= 15 is 0 Å². The third-order valence-electron chi connectivity index (χ3n) is 5.72. The highest BCUT2D eigenvalue weighted by atomic mass is 16.2. The van der Waals surface area contributed by atoms with Crippen LogP contribution in [0.3, 0.4) is 0 Å². The first-order chi connectivity index (χ1) is 12.7. The summed E-state index contributed by atoms with van der Waals surface area (Å²) in [6.45, 7) is 2.78. The maximum atomic E-state index is 13.0. The number of aromatic amines is 1. The monoisotopic (exact) mass is 352 g/mol. The van der Waals surface area contributed by atoms with E-state index in [0.29, 0.717) is 19.5 Å². The summed E-state index contributed by atoms with van der Waals surface area (Å²) in [4.78, 5) is 36.3. The zero-order valence-corrected chi connectivity index (χ0v) is 14.9. The van der Waals surface area contributed by atoms with E-state index < -0.39 is 0 Å². The summed E-state index contributed by atoms with van der Waals surface area (Å²) in [6.07, 6.45) is 6.10. The molecule has 0 radical (unpaired) electrons. The van der Waals surface area contributed by atoms with Crippen LogP contribution in [0.5, 0.6) is 0 Å². The van der Waals surface area contributed by atoms with Gasteiger partial charge in [-0.15, -0.1) is 0 Å². The highest BCUT2D eigenvalue weighted by molar-refractivity contribution is 5.87. The van der Waals surface area contributed by atoms with Gasteiger partial charge in [-0.1, -0.05) is 30.3 Å². The maximum absolute atomic E-state index is 13.0. The molecule has 1 aromatic heterocycles. The number of rotatable bonds is 5. The first kappa shape index (κ1) is 16.8. The second kappa shape index (κ2) is 6.94. The zero-order valence-electron chi connectivity index (χ0n) is 14.9. The minimum Gasteiger partial charge on any atom is -0.348 e. The Morgan fingerprint density at radius 1 is 1.19 bits per heavy atom. The van der Waals surface area contributed by atoms with Gasteiger partial charge in [-0.25, -0.2) is 4.98 Å². The van der Waals surface area contributed by atoms with Crippen molar-refractivity contribution in [2.24, 2.45) is 5.41 Å². The number of aromatic nitrogens is 2. The number of benzene rings is 1. The Morgan fingerprint density at radius 3 is 2.77 bits per heavy atom. The van der Waals surface area contributed by atoms with Gasteiger partial charge >= 0.3 is 0 Å². The van der Waals surface area contributed by atoms with Crippen LogP contribution in [-0.4, -0.2) is 57.8 Å². The van der Waals surface area contributed by atoms with E-state index in [1.165, 1.54) is 5.56 Å². The van der Waals surface area contributed by atoms with Crippen molar-refractivity contribution in [3.63, 3.8) is 0 Å². The van der Waals surface area contributed by atoms with Crippen molar-refractivity contribution in [3.8, 4) is 0 Å². The smallest absolute Gasteiger partial charge is 0.230 e. The van der Waals surface area contributed by atoms with Gasteiger partial charge in [0, 0.05) is 38.1 Å². The minimum atomic E-state index is -0.361. The molecule has 1 unspecified atom stereocenters. The number of amides is 2. The average molecular weight is 352 g/mol. The third kappa shape index (κ3) is 3.23. The van der Waals surface area contributed by atoms with Gasteiger partial charge in [-0.3, -0.25) is 9.59 Å². The topological polar surface area (TPSA) is 69.3 Å². The summed E-state index contributed by atoms with van der Waals surface area (Å²) >= 11 is 0. The molecule has 2 aliphatic heterocycles. The molecule has 2 saturated heterocycles. The van der Waals surface area contributed by atoms with E-state index in [4.69, 9.17) is 0 Å². The van der Waals surface area contributed by atoms with Gasteiger partial charge in [-0.2, -0.15) is 0 Å². The molecular weight excluding hydrogens is 328 g/mol. The largest absolute Gasteiger partial charge is 0.348 e. The van der Waals surface area contributed by atoms with E-state index in [2.05, 4.69) is 22.1 Å². The quantitative estimate of drug-likeness (QED) is 0.889. The molecule has 136 valence electrons. The Kier molecular flexibility index (Phi) is 4.49. The predicted octanol–water partition coefficient (Wildman–Crippen LogP) is 1.65. The number of nitrogens with zero attached hydrogens (tertiary/aromatic N) is 3. The molecule has 0 aliphatic carbocycles. The predicted molar refractivity (Wildman–Crippen MR) is 97.3 cm³/mol. The Morgan fingerprint density at radius 2 is 2.00 bits per heavy atom. The molecule has 2 amide bonds. The fourth-order valence-electron chi connectivity index (χ4n) is 4.13. The van der Waals surface area contributed by atoms with E-state index in [1.54, 1.807) is 12.5 Å². The minimum absolute atomic E-state index is 0.0710. The SMILES string of the molecule is O=C(Cc1cnc[nH]1)N1CCC2(CCN(CCc3ccccc3)C2=O)C1. The summed E-state index contributed by atoms with van der Waals surface area (Å²) < 4.78 is 0. The number of carbonyl (C=O) groups is 2. The van der Waals surface area contributed by atoms with E-state index in [9.17, 15) is 9.59 Å². The molecule has 1 spiro atoms. The molecule has 26 heavy (non-hydrogen) atoms. The second-order valence-corrected chi connectivity index (χ2v) is 7.38. The van der Waals surface area contributed by atoms with Crippen LogP contribution in [0.15, 0.2) is 42.9 Å². The number of imidazole rings is 1. The first-order valence-electron chi connectivity index (χ1n) is 9.25. The molecule has 6 nitrogen and oxygen atoms in total. The fourth-order valence-corrected chi connectivity index (χ4v) is 4.13. The lowest BCUT2D eigenvalue weighted by Gasteiger charge is -2.23. The maximum Gasteiger partial charge on any atom is 0.230 e. The molecule has 2 fully saturated rings. The van der Waals surface area contributed by atoms with Crippen LogP contribution in [0, 0.1) is 5.41 Å². The van der Waals surface area contributed by atoms with Crippen LogP contribution < -0.4 is 0 Å². The highest BCUT2D eigenvalue weighted by Gasteiger charge is 2.51. The molecule has 3 heterocycles. The summed E-state index contributed by atoms with van der Waals surface area (Å²) in [5, 5.41) is 0. The number of hydrogen-bond acceptors (Lipinski definition) is 3. The molecule has 4 rings (SSSR count). The van der Waals surface area contributed by atoms with E-state index in [0.717, 1.165) is 38.0 Å². The normalized spacial score (nSPS) is 22.5. The Bertz CT molecular complexity index is 774. The molecule has 0 saturated carbocycles. The fraction of sp³-hybridized carbons (Fsp3) is 0.450. The molecule has 2 aromatic rings. The van der Waals surface area contributed by atoms with Gasteiger partial charge < -0.3 is 14.8 Å². The lowest BCUT2D eigenvalue weighted by Crippen LogP contribution is -2.39. The lowest BCUT2D eigenvalue weighted by atomic mass is 9.85. The van der Waals surface area contributed by atoms with Crippen molar-refractivity contribution in [1.82, 2.24) is 19.8 Å². The average Bonchev–Trinajstić information content (AvgIpc) is 3.38. The second-order valence-electron chi connectivity index (χ2n) is 7.38.